The van der Waals surface area contributed by atoms with Crippen molar-refractivity contribution < 1.29 is 9.47 Å². The fourth-order valence-corrected chi connectivity index (χ4v) is 4.51. The van der Waals surface area contributed by atoms with E-state index in [1.807, 2.05) is 12.1 Å². The molecule has 2 heterocycles. The van der Waals surface area contributed by atoms with E-state index in [1.54, 1.807) is 13.4 Å². The van der Waals surface area contributed by atoms with Gasteiger partial charge in [-0.1, -0.05) is 41.9 Å². The zero-order valence-corrected chi connectivity index (χ0v) is 21.4. The molecule has 0 fully saturated rings. The number of fused-ring (bicyclic) bond motifs is 1. The van der Waals surface area contributed by atoms with Crippen LogP contribution in [0.25, 0.3) is 10.9 Å². The van der Waals surface area contributed by atoms with Crippen LogP contribution < -0.4 is 14.8 Å². The number of aromatic nitrogens is 2. The lowest BCUT2D eigenvalue weighted by atomic mass is 9.92. The lowest BCUT2D eigenvalue weighted by molar-refractivity contribution is 0.240. The predicted octanol–water partition coefficient (Wildman–Crippen LogP) is 5.79. The second-order valence-corrected chi connectivity index (χ2v) is 10.1. The Morgan fingerprint density at radius 3 is 2.81 bits per heavy atom. The van der Waals surface area contributed by atoms with Crippen LogP contribution in [0.4, 0.5) is 5.82 Å². The molecular weight excluding hydrogens is 468 g/mol. The maximum absolute atomic E-state index is 6.11. The third-order valence-electron chi connectivity index (χ3n) is 5.51. The number of benzene rings is 1. The average molecular weight is 503 g/mol. The zero-order chi connectivity index (χ0) is 23.1. The standard InChI is InChI=1S/C25H35BrN4O2/c1-18-13-19(26)9-10-25(2,3)16-30(4)11-7-6-8-12-32-23-14-20-21(15-22(23)31-5)27-17-28-24(20)29-18/h9-10,13-15,17-18H,6-8,11-12,16H2,1-5H3,(H,27,28,29)/b10-9-,19-13+. The molecule has 32 heavy (non-hydrogen) atoms. The van der Waals surface area contributed by atoms with E-state index in [2.05, 4.69) is 82.2 Å². The monoisotopic (exact) mass is 502 g/mol. The fraction of sp³-hybridized carbons (Fsp3) is 0.520. The summed E-state index contributed by atoms with van der Waals surface area (Å²) >= 11 is 3.70. The second kappa shape index (κ2) is 11.1. The summed E-state index contributed by atoms with van der Waals surface area (Å²) in [6, 6.07) is 3.95. The molecule has 2 bridgehead atoms. The van der Waals surface area contributed by atoms with Gasteiger partial charge in [-0.3, -0.25) is 0 Å². The Bertz CT molecular complexity index is 974. The molecule has 3 rings (SSSR count). The van der Waals surface area contributed by atoms with Crippen LogP contribution in [0.15, 0.2) is 41.2 Å². The van der Waals surface area contributed by atoms with Gasteiger partial charge in [-0.2, -0.15) is 0 Å². The highest BCUT2D eigenvalue weighted by Gasteiger charge is 2.17. The summed E-state index contributed by atoms with van der Waals surface area (Å²) in [6.07, 6.45) is 11.4. The molecule has 7 heteroatoms. The van der Waals surface area contributed by atoms with E-state index < -0.39 is 0 Å². The zero-order valence-electron chi connectivity index (χ0n) is 19.8. The number of nitrogens with one attached hydrogen (secondary N) is 1. The van der Waals surface area contributed by atoms with Crippen LogP contribution in [0.5, 0.6) is 11.5 Å². The highest BCUT2D eigenvalue weighted by Crippen LogP contribution is 2.34. The van der Waals surface area contributed by atoms with Gasteiger partial charge in [0.2, 0.25) is 0 Å². The van der Waals surface area contributed by atoms with Crippen molar-refractivity contribution in [1.82, 2.24) is 14.9 Å². The fourth-order valence-electron chi connectivity index (χ4n) is 3.98. The third kappa shape index (κ3) is 6.94. The van der Waals surface area contributed by atoms with Crippen molar-refractivity contribution in [3.8, 4) is 11.5 Å². The van der Waals surface area contributed by atoms with E-state index in [1.165, 1.54) is 0 Å². The Balaban J connectivity index is 1.93. The van der Waals surface area contributed by atoms with Gasteiger partial charge in [0.05, 0.1) is 19.2 Å². The van der Waals surface area contributed by atoms with E-state index >= 15 is 0 Å². The van der Waals surface area contributed by atoms with Crippen molar-refractivity contribution in [3.63, 3.8) is 0 Å². The van der Waals surface area contributed by atoms with Crippen molar-refractivity contribution in [3.05, 3.63) is 41.2 Å². The summed E-state index contributed by atoms with van der Waals surface area (Å²) in [5, 5.41) is 4.40. The molecule has 1 atom stereocenters. The van der Waals surface area contributed by atoms with Gasteiger partial charge in [0.25, 0.3) is 0 Å². The maximum atomic E-state index is 6.11. The van der Waals surface area contributed by atoms with Crippen molar-refractivity contribution in [1.29, 1.82) is 0 Å². The lowest BCUT2D eigenvalue weighted by Gasteiger charge is -2.27. The molecule has 1 N–H and O–H groups in total. The predicted molar refractivity (Wildman–Crippen MR) is 136 cm³/mol. The third-order valence-corrected chi connectivity index (χ3v) is 6.04. The van der Waals surface area contributed by atoms with E-state index in [9.17, 15) is 0 Å². The molecule has 0 spiro atoms. The van der Waals surface area contributed by atoms with E-state index in [4.69, 9.17) is 9.47 Å². The van der Waals surface area contributed by atoms with Gasteiger partial charge in [-0.25, -0.2) is 9.97 Å². The first-order chi connectivity index (χ1) is 15.3. The van der Waals surface area contributed by atoms with E-state index in [0.29, 0.717) is 12.4 Å². The number of halogens is 1. The van der Waals surface area contributed by atoms with Gasteiger partial charge in [-0.05, 0) is 57.3 Å². The van der Waals surface area contributed by atoms with Crippen LogP contribution >= 0.6 is 15.9 Å². The van der Waals surface area contributed by atoms with E-state index in [0.717, 1.165) is 59.3 Å². The summed E-state index contributed by atoms with van der Waals surface area (Å²) in [4.78, 5) is 11.3. The Kier molecular flexibility index (Phi) is 8.54. The number of anilines is 1. The number of methoxy groups -OCH3 is 1. The minimum Gasteiger partial charge on any atom is -0.493 e. The second-order valence-electron chi connectivity index (χ2n) is 9.20. The molecule has 0 saturated heterocycles. The van der Waals surface area contributed by atoms with Gasteiger partial charge in [0.15, 0.2) is 11.5 Å². The molecule has 1 aliphatic rings. The van der Waals surface area contributed by atoms with Crippen molar-refractivity contribution >= 4 is 32.7 Å². The molecule has 6 nitrogen and oxygen atoms in total. The number of hydrogen-bond acceptors (Lipinski definition) is 6. The van der Waals surface area contributed by atoms with Crippen LogP contribution in [0.2, 0.25) is 0 Å². The van der Waals surface area contributed by atoms with Gasteiger partial charge < -0.3 is 19.7 Å². The normalized spacial score (nSPS) is 23.7. The first-order valence-corrected chi connectivity index (χ1v) is 12.0. The molecule has 0 saturated carbocycles. The smallest absolute Gasteiger partial charge is 0.162 e. The molecule has 1 aliphatic heterocycles. The highest BCUT2D eigenvalue weighted by molar-refractivity contribution is 9.11. The molecule has 2 aromatic rings. The summed E-state index contributed by atoms with van der Waals surface area (Å²) in [5.41, 5.74) is 0.899. The molecule has 0 amide bonds. The van der Waals surface area contributed by atoms with Crippen molar-refractivity contribution in [2.24, 2.45) is 5.41 Å². The van der Waals surface area contributed by atoms with Crippen molar-refractivity contribution in [2.45, 2.75) is 46.1 Å². The number of allylic oxidation sites excluding steroid dienone is 2. The van der Waals surface area contributed by atoms with Crippen LogP contribution in [0.3, 0.4) is 0 Å². The number of rotatable bonds is 1. The molecule has 1 unspecified atom stereocenters. The summed E-state index contributed by atoms with van der Waals surface area (Å²) in [6.45, 7) is 9.39. The van der Waals surface area contributed by atoms with Crippen LogP contribution in [-0.4, -0.2) is 54.8 Å². The minimum atomic E-state index is 0.0615. The first-order valence-electron chi connectivity index (χ1n) is 11.2. The molecule has 1 aromatic carbocycles. The molecule has 0 radical (unpaired) electrons. The summed E-state index contributed by atoms with van der Waals surface area (Å²) in [5.74, 6) is 2.19. The lowest BCUT2D eigenvalue weighted by Crippen LogP contribution is -2.30. The molecule has 174 valence electrons. The minimum absolute atomic E-state index is 0.0615. The molecule has 0 aliphatic carbocycles. The highest BCUT2D eigenvalue weighted by atomic mass is 79.9. The van der Waals surface area contributed by atoms with Gasteiger partial charge in [0, 0.05) is 28.5 Å². The molecule has 1 aromatic heterocycles. The van der Waals surface area contributed by atoms with Gasteiger partial charge in [0.1, 0.15) is 12.1 Å². The Morgan fingerprint density at radius 1 is 1.22 bits per heavy atom. The number of ether oxygens (including phenoxy) is 2. The topological polar surface area (TPSA) is 59.5 Å². The van der Waals surface area contributed by atoms with Gasteiger partial charge in [-0.15, -0.1) is 0 Å². The van der Waals surface area contributed by atoms with Crippen LogP contribution in [-0.2, 0) is 0 Å². The summed E-state index contributed by atoms with van der Waals surface area (Å²) in [7, 11) is 3.86. The van der Waals surface area contributed by atoms with Crippen LogP contribution in [0, 0.1) is 5.41 Å². The quantitative estimate of drug-likeness (QED) is 0.531. The van der Waals surface area contributed by atoms with E-state index in [-0.39, 0.29) is 11.5 Å². The van der Waals surface area contributed by atoms with Gasteiger partial charge >= 0.3 is 0 Å². The Hall–Kier alpha value is -2.12. The maximum Gasteiger partial charge on any atom is 0.162 e. The largest absolute Gasteiger partial charge is 0.493 e. The molecular formula is C25H35BrN4O2. The Morgan fingerprint density at radius 2 is 2.03 bits per heavy atom. The van der Waals surface area contributed by atoms with Crippen molar-refractivity contribution in [2.75, 3.05) is 39.2 Å². The SMILES string of the molecule is COc1cc2ncnc3c2cc1OCCCCCN(C)CC(C)(C)/C=C\C(Br)=C/C(C)N3. The average Bonchev–Trinajstić information content (AvgIpc) is 2.73. The number of nitrogens with zero attached hydrogens (tertiary/aromatic N) is 3. The Labute approximate surface area is 200 Å². The first kappa shape index (κ1) is 24.5. The van der Waals surface area contributed by atoms with Crippen LogP contribution in [0.1, 0.15) is 40.0 Å². The number of hydrogen-bond donors (Lipinski definition) is 1. The summed E-state index contributed by atoms with van der Waals surface area (Å²) < 4.78 is 12.7.